The van der Waals surface area contributed by atoms with Crippen molar-refractivity contribution in [1.82, 2.24) is 4.98 Å². The molecule has 1 aromatic carbocycles. The van der Waals surface area contributed by atoms with Crippen LogP contribution in [0.3, 0.4) is 0 Å². The Labute approximate surface area is 107 Å². The number of aromatic amines is 1. The largest absolute Gasteiger partial charge is 0.314 e. The highest BCUT2D eigenvalue weighted by Gasteiger charge is 2.13. The number of hydrogen-bond acceptors (Lipinski definition) is 3. The zero-order valence-corrected chi connectivity index (χ0v) is 10.1. The Morgan fingerprint density at radius 3 is 2.61 bits per heavy atom. The van der Waals surface area contributed by atoms with Gasteiger partial charge in [0.25, 0.3) is 0 Å². The third kappa shape index (κ3) is 1.62. The first-order chi connectivity index (χ1) is 8.79. The molecule has 3 rings (SSSR count). The average Bonchev–Trinajstić information content (AvgIpc) is 2.77. The van der Waals surface area contributed by atoms with Gasteiger partial charge in [0.05, 0.1) is 0 Å². The molecule has 1 N–H and O–H groups in total. The van der Waals surface area contributed by atoms with Crippen molar-refractivity contribution in [2.45, 2.75) is 0 Å². The van der Waals surface area contributed by atoms with Gasteiger partial charge >= 0.3 is 0 Å². The standard InChI is InChI=1S/C14H8N2OS/c15-8-11-13(9-4-2-1-3-5-9)10-6-7-12(17)16-14(10)18-11/h1-7H,(H,16,17). The van der Waals surface area contributed by atoms with Crippen LogP contribution in [0.4, 0.5) is 0 Å². The molecule has 0 unspecified atom stereocenters. The fraction of sp³-hybridized carbons (Fsp3) is 0. The van der Waals surface area contributed by atoms with Gasteiger partial charge in [-0.2, -0.15) is 5.26 Å². The molecule has 0 saturated heterocycles. The Morgan fingerprint density at radius 2 is 1.89 bits per heavy atom. The summed E-state index contributed by atoms with van der Waals surface area (Å²) in [7, 11) is 0. The summed E-state index contributed by atoms with van der Waals surface area (Å²) in [6, 6.07) is 15.2. The van der Waals surface area contributed by atoms with Crippen LogP contribution in [0.25, 0.3) is 21.3 Å². The van der Waals surface area contributed by atoms with Gasteiger partial charge in [-0.05, 0) is 11.6 Å². The molecular weight excluding hydrogens is 244 g/mol. The minimum Gasteiger partial charge on any atom is -0.314 e. The second-order valence-corrected chi connectivity index (χ2v) is 4.87. The van der Waals surface area contributed by atoms with Crippen LogP contribution >= 0.6 is 11.3 Å². The molecule has 3 aromatic rings. The third-order valence-corrected chi connectivity index (χ3v) is 3.77. The van der Waals surface area contributed by atoms with E-state index in [4.69, 9.17) is 0 Å². The van der Waals surface area contributed by atoms with Crippen molar-refractivity contribution in [2.24, 2.45) is 0 Å². The summed E-state index contributed by atoms with van der Waals surface area (Å²) in [5.41, 5.74) is 1.74. The highest BCUT2D eigenvalue weighted by molar-refractivity contribution is 7.19. The lowest BCUT2D eigenvalue weighted by Crippen LogP contribution is -2.00. The van der Waals surface area contributed by atoms with E-state index < -0.39 is 0 Å². The Bertz CT molecular complexity index is 809. The maximum absolute atomic E-state index is 11.3. The highest BCUT2D eigenvalue weighted by Crippen LogP contribution is 2.36. The van der Waals surface area contributed by atoms with E-state index >= 15 is 0 Å². The van der Waals surface area contributed by atoms with Gasteiger partial charge < -0.3 is 4.98 Å². The number of nitrogens with zero attached hydrogens (tertiary/aromatic N) is 1. The van der Waals surface area contributed by atoms with Crippen molar-refractivity contribution < 1.29 is 0 Å². The van der Waals surface area contributed by atoms with Crippen molar-refractivity contribution in [2.75, 3.05) is 0 Å². The summed E-state index contributed by atoms with van der Waals surface area (Å²) in [6.45, 7) is 0. The summed E-state index contributed by atoms with van der Waals surface area (Å²) in [6.07, 6.45) is 0. The SMILES string of the molecule is N#Cc1sc2[nH]c(=O)ccc2c1-c1ccccc1. The van der Waals surface area contributed by atoms with E-state index in [1.54, 1.807) is 6.07 Å². The van der Waals surface area contributed by atoms with Gasteiger partial charge in [0.15, 0.2) is 0 Å². The second-order valence-electron chi connectivity index (χ2n) is 3.85. The molecule has 0 aliphatic carbocycles. The van der Waals surface area contributed by atoms with Crippen molar-refractivity contribution in [1.29, 1.82) is 5.26 Å². The zero-order valence-electron chi connectivity index (χ0n) is 9.31. The molecule has 2 aromatic heterocycles. The Kier molecular flexibility index (Phi) is 2.47. The molecule has 3 nitrogen and oxygen atoms in total. The number of pyridine rings is 1. The van der Waals surface area contributed by atoms with Gasteiger partial charge in [-0.25, -0.2) is 0 Å². The Morgan fingerprint density at radius 1 is 1.11 bits per heavy atom. The van der Waals surface area contributed by atoms with Crippen molar-refractivity contribution >= 4 is 21.6 Å². The van der Waals surface area contributed by atoms with E-state index in [-0.39, 0.29) is 5.56 Å². The van der Waals surface area contributed by atoms with Crippen molar-refractivity contribution in [3.05, 3.63) is 57.7 Å². The molecule has 2 heterocycles. The predicted octanol–water partition coefficient (Wildman–Crippen LogP) is 3.13. The number of hydrogen-bond donors (Lipinski definition) is 1. The number of nitriles is 1. The summed E-state index contributed by atoms with van der Waals surface area (Å²) >= 11 is 1.32. The minimum atomic E-state index is -0.146. The number of aromatic nitrogens is 1. The number of thiophene rings is 1. The third-order valence-electron chi connectivity index (χ3n) is 2.75. The Balaban J connectivity index is 2.41. The molecule has 0 bridgehead atoms. The van der Waals surface area contributed by atoms with Gasteiger partial charge in [0.1, 0.15) is 15.8 Å². The van der Waals surface area contributed by atoms with Gasteiger partial charge in [-0.3, -0.25) is 4.79 Å². The van der Waals surface area contributed by atoms with Crippen LogP contribution in [0.5, 0.6) is 0 Å². The van der Waals surface area contributed by atoms with Crippen LogP contribution in [0.2, 0.25) is 0 Å². The lowest BCUT2D eigenvalue weighted by Gasteiger charge is -1.99. The number of fused-ring (bicyclic) bond motifs is 1. The first-order valence-corrected chi connectivity index (χ1v) is 6.22. The molecule has 0 amide bonds. The lowest BCUT2D eigenvalue weighted by molar-refractivity contribution is 1.33. The normalized spacial score (nSPS) is 10.4. The summed E-state index contributed by atoms with van der Waals surface area (Å²) in [5.74, 6) is 0. The first kappa shape index (κ1) is 10.8. The second kappa shape index (κ2) is 4.13. The van der Waals surface area contributed by atoms with E-state index in [1.165, 1.54) is 17.4 Å². The molecule has 0 atom stereocenters. The molecule has 86 valence electrons. The van der Waals surface area contributed by atoms with E-state index in [1.807, 2.05) is 30.3 Å². The van der Waals surface area contributed by atoms with Crippen LogP contribution in [0, 0.1) is 11.3 Å². The average molecular weight is 252 g/mol. The van der Waals surface area contributed by atoms with Crippen molar-refractivity contribution in [3.63, 3.8) is 0 Å². The number of benzene rings is 1. The van der Waals surface area contributed by atoms with Crippen LogP contribution in [0.1, 0.15) is 4.88 Å². The molecule has 0 radical (unpaired) electrons. The predicted molar refractivity (Wildman–Crippen MR) is 72.6 cm³/mol. The summed E-state index contributed by atoms with van der Waals surface area (Å²) in [5, 5.41) is 10.1. The highest BCUT2D eigenvalue weighted by atomic mass is 32.1. The molecule has 0 spiro atoms. The van der Waals surface area contributed by atoms with Crippen LogP contribution in [-0.4, -0.2) is 4.98 Å². The topological polar surface area (TPSA) is 56.6 Å². The summed E-state index contributed by atoms with van der Waals surface area (Å²) in [4.78, 5) is 15.4. The maximum Gasteiger partial charge on any atom is 0.249 e. The van der Waals surface area contributed by atoms with E-state index in [0.29, 0.717) is 4.88 Å². The maximum atomic E-state index is 11.3. The molecule has 0 fully saturated rings. The van der Waals surface area contributed by atoms with Gasteiger partial charge in [-0.15, -0.1) is 11.3 Å². The van der Waals surface area contributed by atoms with Crippen molar-refractivity contribution in [3.8, 4) is 17.2 Å². The first-order valence-electron chi connectivity index (χ1n) is 5.41. The number of H-pyrrole nitrogens is 1. The number of nitrogens with one attached hydrogen (secondary N) is 1. The van der Waals surface area contributed by atoms with Gasteiger partial charge in [0.2, 0.25) is 5.56 Å². The monoisotopic (exact) mass is 252 g/mol. The summed E-state index contributed by atoms with van der Waals surface area (Å²) < 4.78 is 0. The molecule has 18 heavy (non-hydrogen) atoms. The van der Waals surface area contributed by atoms with Crippen LogP contribution in [0.15, 0.2) is 47.3 Å². The van der Waals surface area contributed by atoms with Gasteiger partial charge in [-0.1, -0.05) is 30.3 Å². The fourth-order valence-corrected chi connectivity index (χ4v) is 2.99. The molecule has 0 aliphatic heterocycles. The Hall–Kier alpha value is -2.38. The number of rotatable bonds is 1. The quantitative estimate of drug-likeness (QED) is 0.723. The fourth-order valence-electron chi connectivity index (χ4n) is 1.98. The molecule has 0 saturated carbocycles. The van der Waals surface area contributed by atoms with E-state index in [2.05, 4.69) is 11.1 Å². The molecular formula is C14H8N2OS. The molecule has 0 aliphatic rings. The zero-order chi connectivity index (χ0) is 12.5. The van der Waals surface area contributed by atoms with Crippen LogP contribution in [-0.2, 0) is 0 Å². The van der Waals surface area contributed by atoms with Gasteiger partial charge in [0, 0.05) is 17.0 Å². The smallest absolute Gasteiger partial charge is 0.249 e. The van der Waals surface area contributed by atoms with E-state index in [0.717, 1.165) is 21.3 Å². The van der Waals surface area contributed by atoms with E-state index in [9.17, 15) is 10.1 Å². The van der Waals surface area contributed by atoms with Crippen LogP contribution < -0.4 is 5.56 Å². The lowest BCUT2D eigenvalue weighted by atomic mass is 10.0. The molecule has 4 heteroatoms. The minimum absolute atomic E-state index is 0.146.